The lowest BCUT2D eigenvalue weighted by atomic mass is 9.97. The Kier molecular flexibility index (Phi) is 7.00. The van der Waals surface area contributed by atoms with Gasteiger partial charge in [0.2, 0.25) is 10.0 Å². The Hall–Kier alpha value is -1.93. The van der Waals surface area contributed by atoms with E-state index in [9.17, 15) is 18.0 Å². The standard InChI is InChI=1S/C19H28N2O5S/c1-14(2)20(3)27(25,26)17-9-6-7-15(13-17)19(24)21-12-5-4-8-16(21)10-11-18(22)23/h6-7,9,13-14,16H,4-5,8,10-12H2,1-3H3,(H,22,23). The van der Waals surface area contributed by atoms with Gasteiger partial charge in [-0.15, -0.1) is 0 Å². The van der Waals surface area contributed by atoms with Crippen molar-refractivity contribution in [1.82, 2.24) is 9.21 Å². The van der Waals surface area contributed by atoms with Gasteiger partial charge in [-0.25, -0.2) is 8.42 Å². The van der Waals surface area contributed by atoms with Crippen LogP contribution >= 0.6 is 0 Å². The molecule has 1 atom stereocenters. The minimum absolute atomic E-state index is 0.0159. The van der Waals surface area contributed by atoms with E-state index in [2.05, 4.69) is 0 Å². The maximum absolute atomic E-state index is 13.0. The zero-order valence-electron chi connectivity index (χ0n) is 16.1. The number of carbonyl (C=O) groups is 2. The molecule has 0 radical (unpaired) electrons. The number of likely N-dealkylation sites (tertiary alicyclic amines) is 1. The minimum Gasteiger partial charge on any atom is -0.481 e. The predicted molar refractivity (Wildman–Crippen MR) is 102 cm³/mol. The number of amides is 1. The molecule has 7 nitrogen and oxygen atoms in total. The number of hydrogen-bond acceptors (Lipinski definition) is 4. The Balaban J connectivity index is 2.26. The van der Waals surface area contributed by atoms with Gasteiger partial charge < -0.3 is 10.0 Å². The summed E-state index contributed by atoms with van der Waals surface area (Å²) < 4.78 is 26.7. The van der Waals surface area contributed by atoms with Gasteiger partial charge in [0, 0.05) is 37.7 Å². The maximum atomic E-state index is 13.0. The fourth-order valence-electron chi connectivity index (χ4n) is 3.26. The van der Waals surface area contributed by atoms with Crippen molar-refractivity contribution in [3.8, 4) is 0 Å². The summed E-state index contributed by atoms with van der Waals surface area (Å²) in [6.07, 6.45) is 3.02. The molecular weight excluding hydrogens is 368 g/mol. The van der Waals surface area contributed by atoms with Gasteiger partial charge in [0.15, 0.2) is 0 Å². The van der Waals surface area contributed by atoms with E-state index in [0.717, 1.165) is 19.3 Å². The number of carbonyl (C=O) groups excluding carboxylic acids is 1. The van der Waals surface area contributed by atoms with E-state index < -0.39 is 16.0 Å². The van der Waals surface area contributed by atoms with Crippen LogP contribution in [0.2, 0.25) is 0 Å². The highest BCUT2D eigenvalue weighted by Gasteiger charge is 2.29. The number of carboxylic acids is 1. The zero-order chi connectivity index (χ0) is 20.2. The Bertz CT molecular complexity index is 791. The smallest absolute Gasteiger partial charge is 0.303 e. The van der Waals surface area contributed by atoms with Crippen LogP contribution in [0.5, 0.6) is 0 Å². The molecule has 0 aliphatic carbocycles. The van der Waals surface area contributed by atoms with Gasteiger partial charge in [-0.2, -0.15) is 4.31 Å². The van der Waals surface area contributed by atoms with Gasteiger partial charge in [-0.1, -0.05) is 6.07 Å². The van der Waals surface area contributed by atoms with Crippen molar-refractivity contribution in [3.63, 3.8) is 0 Å². The van der Waals surface area contributed by atoms with Crippen molar-refractivity contribution >= 4 is 21.9 Å². The molecule has 0 aromatic heterocycles. The molecule has 150 valence electrons. The van der Waals surface area contributed by atoms with Crippen molar-refractivity contribution < 1.29 is 23.1 Å². The summed E-state index contributed by atoms with van der Waals surface area (Å²) in [7, 11) is -2.16. The first-order chi connectivity index (χ1) is 12.6. The second-order valence-electron chi connectivity index (χ2n) is 7.22. The van der Waals surface area contributed by atoms with Crippen LogP contribution in [-0.4, -0.2) is 60.3 Å². The molecule has 1 N–H and O–H groups in total. The molecule has 2 rings (SSSR count). The lowest BCUT2D eigenvalue weighted by Gasteiger charge is -2.36. The van der Waals surface area contributed by atoms with Crippen LogP contribution in [0.25, 0.3) is 0 Å². The van der Waals surface area contributed by atoms with Crippen molar-refractivity contribution in [1.29, 1.82) is 0 Å². The first kappa shape index (κ1) is 21.4. The molecular formula is C19H28N2O5S. The summed E-state index contributed by atoms with van der Waals surface area (Å²) in [4.78, 5) is 25.7. The van der Waals surface area contributed by atoms with Gasteiger partial charge in [0.1, 0.15) is 0 Å². The third-order valence-corrected chi connectivity index (χ3v) is 7.09. The average molecular weight is 397 g/mol. The molecule has 1 aromatic rings. The number of hydrogen-bond donors (Lipinski definition) is 1. The normalized spacial score (nSPS) is 18.1. The van der Waals surface area contributed by atoms with Crippen LogP contribution < -0.4 is 0 Å². The molecule has 0 saturated carbocycles. The molecule has 0 bridgehead atoms. The van der Waals surface area contributed by atoms with Gasteiger partial charge >= 0.3 is 5.97 Å². The summed E-state index contributed by atoms with van der Waals surface area (Å²) in [5.41, 5.74) is 0.315. The summed E-state index contributed by atoms with van der Waals surface area (Å²) >= 11 is 0. The summed E-state index contributed by atoms with van der Waals surface area (Å²) in [5.74, 6) is -1.12. The van der Waals surface area contributed by atoms with Crippen LogP contribution in [0.4, 0.5) is 0 Å². The second-order valence-corrected chi connectivity index (χ2v) is 9.22. The second kappa shape index (κ2) is 8.84. The number of aliphatic carboxylic acids is 1. The molecule has 27 heavy (non-hydrogen) atoms. The number of nitrogens with zero attached hydrogens (tertiary/aromatic N) is 2. The molecule has 1 fully saturated rings. The van der Waals surface area contributed by atoms with Gasteiger partial charge in [0.25, 0.3) is 5.91 Å². The van der Waals surface area contributed by atoms with Crippen molar-refractivity contribution in [2.24, 2.45) is 0 Å². The molecule has 8 heteroatoms. The Morgan fingerprint density at radius 3 is 2.63 bits per heavy atom. The summed E-state index contributed by atoms with van der Waals surface area (Å²) in [5, 5.41) is 8.93. The monoisotopic (exact) mass is 396 g/mol. The lowest BCUT2D eigenvalue weighted by molar-refractivity contribution is -0.137. The van der Waals surface area contributed by atoms with Crippen LogP contribution in [-0.2, 0) is 14.8 Å². The maximum Gasteiger partial charge on any atom is 0.303 e. The fourth-order valence-corrected chi connectivity index (χ4v) is 4.67. The van der Waals surface area contributed by atoms with Crippen molar-refractivity contribution in [3.05, 3.63) is 29.8 Å². The Morgan fingerprint density at radius 1 is 1.30 bits per heavy atom. The zero-order valence-corrected chi connectivity index (χ0v) is 16.9. The van der Waals surface area contributed by atoms with E-state index in [0.29, 0.717) is 18.5 Å². The quantitative estimate of drug-likeness (QED) is 0.764. The topological polar surface area (TPSA) is 95.0 Å². The van der Waals surface area contributed by atoms with Crippen LogP contribution in [0.15, 0.2) is 29.2 Å². The van der Waals surface area contributed by atoms with E-state index in [1.54, 1.807) is 30.9 Å². The van der Waals surface area contributed by atoms with Gasteiger partial charge in [-0.3, -0.25) is 9.59 Å². The number of sulfonamides is 1. The first-order valence-corrected chi connectivity index (χ1v) is 10.7. The highest BCUT2D eigenvalue weighted by Crippen LogP contribution is 2.25. The van der Waals surface area contributed by atoms with Crippen molar-refractivity contribution in [2.75, 3.05) is 13.6 Å². The highest BCUT2D eigenvalue weighted by atomic mass is 32.2. The number of piperidine rings is 1. The average Bonchev–Trinajstić information content (AvgIpc) is 2.65. The fraction of sp³-hybridized carbons (Fsp3) is 0.579. The van der Waals surface area contributed by atoms with Crippen LogP contribution in [0.1, 0.15) is 56.3 Å². The largest absolute Gasteiger partial charge is 0.481 e. The number of benzene rings is 1. The van der Waals surface area contributed by atoms with Crippen LogP contribution in [0.3, 0.4) is 0 Å². The minimum atomic E-state index is -3.68. The molecule has 1 saturated heterocycles. The van der Waals surface area contributed by atoms with E-state index in [-0.39, 0.29) is 29.3 Å². The van der Waals surface area contributed by atoms with Gasteiger partial charge in [-0.05, 0) is 57.7 Å². The number of rotatable bonds is 7. The Morgan fingerprint density at radius 2 is 2.00 bits per heavy atom. The molecule has 0 spiro atoms. The molecule has 1 heterocycles. The lowest BCUT2D eigenvalue weighted by Crippen LogP contribution is -2.44. The molecule has 1 unspecified atom stereocenters. The summed E-state index contributed by atoms with van der Waals surface area (Å²) in [6.45, 7) is 4.13. The van der Waals surface area contributed by atoms with Crippen LogP contribution in [0, 0.1) is 0 Å². The highest BCUT2D eigenvalue weighted by molar-refractivity contribution is 7.89. The molecule has 1 amide bonds. The molecule has 1 aliphatic rings. The third-order valence-electron chi connectivity index (χ3n) is 5.06. The van der Waals surface area contributed by atoms with E-state index >= 15 is 0 Å². The Labute approximate surface area is 161 Å². The van der Waals surface area contributed by atoms with E-state index in [4.69, 9.17) is 5.11 Å². The van der Waals surface area contributed by atoms with Crippen molar-refractivity contribution in [2.45, 2.75) is 62.9 Å². The predicted octanol–water partition coefficient (Wildman–Crippen LogP) is 2.58. The SMILES string of the molecule is CC(C)N(C)S(=O)(=O)c1cccc(C(=O)N2CCCCC2CCC(=O)O)c1. The first-order valence-electron chi connectivity index (χ1n) is 9.25. The van der Waals surface area contributed by atoms with Gasteiger partial charge in [0.05, 0.1) is 4.90 Å². The molecule has 1 aliphatic heterocycles. The third kappa shape index (κ3) is 5.07. The van der Waals surface area contributed by atoms with E-state index in [1.165, 1.54) is 23.5 Å². The summed E-state index contributed by atoms with van der Waals surface area (Å²) in [6, 6.07) is 5.77. The number of carboxylic acid groups (broad SMARTS) is 1. The molecule has 1 aromatic carbocycles. The van der Waals surface area contributed by atoms with E-state index in [1.807, 2.05) is 0 Å².